The summed E-state index contributed by atoms with van der Waals surface area (Å²) in [4.78, 5) is 4.37. The maximum absolute atomic E-state index is 6.03. The zero-order valence-electron chi connectivity index (χ0n) is 12.0. The molecule has 1 atom stereocenters. The molecule has 0 aliphatic carbocycles. The lowest BCUT2D eigenvalue weighted by molar-refractivity contribution is 0.404. The van der Waals surface area contributed by atoms with Crippen LogP contribution in [-0.4, -0.2) is 18.6 Å². The van der Waals surface area contributed by atoms with Gasteiger partial charge in [0.1, 0.15) is 5.75 Å². The van der Waals surface area contributed by atoms with Gasteiger partial charge in [-0.3, -0.25) is 4.98 Å². The molecule has 20 heavy (non-hydrogen) atoms. The molecule has 0 saturated heterocycles. The Labute approximate surface area is 124 Å². The number of hydrogen-bond donors (Lipinski definition) is 1. The quantitative estimate of drug-likeness (QED) is 0.910. The van der Waals surface area contributed by atoms with Crippen molar-refractivity contribution in [2.24, 2.45) is 0 Å². The van der Waals surface area contributed by atoms with Gasteiger partial charge in [0.2, 0.25) is 0 Å². The van der Waals surface area contributed by atoms with Crippen molar-refractivity contribution < 1.29 is 4.74 Å². The van der Waals surface area contributed by atoms with E-state index in [4.69, 9.17) is 16.3 Å². The van der Waals surface area contributed by atoms with Crippen LogP contribution < -0.4 is 10.1 Å². The van der Waals surface area contributed by atoms with Gasteiger partial charge in [0.15, 0.2) is 0 Å². The van der Waals surface area contributed by atoms with Crippen LogP contribution in [0.2, 0.25) is 5.02 Å². The molecule has 0 aliphatic rings. The number of rotatable bonds is 5. The van der Waals surface area contributed by atoms with Gasteiger partial charge in [0.05, 0.1) is 13.2 Å². The van der Waals surface area contributed by atoms with E-state index < -0.39 is 0 Å². The molecule has 2 rings (SSSR count). The lowest BCUT2D eigenvalue weighted by atomic mass is 9.99. The number of hydrogen-bond acceptors (Lipinski definition) is 3. The molecule has 1 heterocycles. The van der Waals surface area contributed by atoms with Gasteiger partial charge in [-0.1, -0.05) is 30.7 Å². The Kier molecular flexibility index (Phi) is 4.99. The molecule has 1 aromatic carbocycles. The largest absolute Gasteiger partial charge is 0.496 e. The molecule has 3 nitrogen and oxygen atoms in total. The molecule has 0 bridgehead atoms. The van der Waals surface area contributed by atoms with E-state index in [1.54, 1.807) is 7.11 Å². The van der Waals surface area contributed by atoms with Gasteiger partial charge in [0.25, 0.3) is 0 Å². The minimum absolute atomic E-state index is 0.0420. The highest BCUT2D eigenvalue weighted by Gasteiger charge is 2.17. The first-order valence-corrected chi connectivity index (χ1v) is 7.03. The van der Waals surface area contributed by atoms with Gasteiger partial charge in [-0.05, 0) is 37.2 Å². The normalized spacial score (nSPS) is 12.2. The number of ether oxygens (including phenoxy) is 1. The molecular weight excluding hydrogens is 272 g/mol. The number of aryl methyl sites for hydroxylation is 1. The van der Waals surface area contributed by atoms with Crippen molar-refractivity contribution in [2.45, 2.75) is 19.9 Å². The molecule has 1 N–H and O–H groups in total. The van der Waals surface area contributed by atoms with Crippen molar-refractivity contribution in [3.8, 4) is 5.75 Å². The molecule has 2 aromatic rings. The van der Waals surface area contributed by atoms with Crippen molar-refractivity contribution in [3.05, 3.63) is 58.4 Å². The SMILES string of the molecule is CCNC(c1ccc(C)nc1)c1ccc(Cl)cc1OC. The average Bonchev–Trinajstić information content (AvgIpc) is 2.46. The summed E-state index contributed by atoms with van der Waals surface area (Å²) in [6, 6.07) is 9.86. The van der Waals surface area contributed by atoms with E-state index >= 15 is 0 Å². The summed E-state index contributed by atoms with van der Waals surface area (Å²) in [5.41, 5.74) is 3.18. The lowest BCUT2D eigenvalue weighted by Crippen LogP contribution is -2.22. The van der Waals surface area contributed by atoms with Crippen molar-refractivity contribution in [2.75, 3.05) is 13.7 Å². The Balaban J connectivity index is 2.45. The van der Waals surface area contributed by atoms with E-state index in [1.165, 1.54) is 0 Å². The number of halogens is 1. The minimum Gasteiger partial charge on any atom is -0.496 e. The van der Waals surface area contributed by atoms with Crippen LogP contribution in [0.4, 0.5) is 0 Å². The molecule has 0 saturated carbocycles. The van der Waals surface area contributed by atoms with Crippen molar-refractivity contribution in [3.63, 3.8) is 0 Å². The van der Waals surface area contributed by atoms with E-state index in [2.05, 4.69) is 23.3 Å². The first-order valence-electron chi connectivity index (χ1n) is 6.65. The van der Waals surface area contributed by atoms with Crippen LogP contribution in [0.3, 0.4) is 0 Å². The number of methoxy groups -OCH3 is 1. The van der Waals surface area contributed by atoms with Crippen LogP contribution in [0.25, 0.3) is 0 Å². The molecule has 0 spiro atoms. The molecule has 0 aliphatic heterocycles. The molecule has 0 amide bonds. The number of pyridine rings is 1. The van der Waals surface area contributed by atoms with Gasteiger partial charge in [-0.2, -0.15) is 0 Å². The lowest BCUT2D eigenvalue weighted by Gasteiger charge is -2.21. The van der Waals surface area contributed by atoms with Crippen LogP contribution in [-0.2, 0) is 0 Å². The predicted molar refractivity (Wildman–Crippen MR) is 82.5 cm³/mol. The maximum atomic E-state index is 6.03. The van der Waals surface area contributed by atoms with E-state index in [-0.39, 0.29) is 6.04 Å². The highest BCUT2D eigenvalue weighted by Crippen LogP contribution is 2.32. The van der Waals surface area contributed by atoms with Gasteiger partial charge >= 0.3 is 0 Å². The molecule has 1 aromatic heterocycles. The zero-order chi connectivity index (χ0) is 14.5. The second-order valence-electron chi connectivity index (χ2n) is 4.61. The third-order valence-corrected chi connectivity index (χ3v) is 3.42. The summed E-state index contributed by atoms with van der Waals surface area (Å²) in [5.74, 6) is 0.782. The van der Waals surface area contributed by atoms with E-state index in [1.807, 2.05) is 37.4 Å². The summed E-state index contributed by atoms with van der Waals surface area (Å²) in [6.45, 7) is 4.91. The van der Waals surface area contributed by atoms with Gasteiger partial charge in [0, 0.05) is 22.5 Å². The fraction of sp³-hybridized carbons (Fsp3) is 0.312. The zero-order valence-corrected chi connectivity index (χ0v) is 12.7. The van der Waals surface area contributed by atoms with Crippen LogP contribution in [0.15, 0.2) is 36.5 Å². The Hall–Kier alpha value is -1.58. The first kappa shape index (κ1) is 14.8. The summed E-state index contributed by atoms with van der Waals surface area (Å²) in [6.07, 6.45) is 1.90. The molecular formula is C16H19ClN2O. The maximum Gasteiger partial charge on any atom is 0.125 e. The number of nitrogens with zero attached hydrogens (tertiary/aromatic N) is 1. The van der Waals surface area contributed by atoms with Crippen LogP contribution in [0.5, 0.6) is 5.75 Å². The molecule has 0 radical (unpaired) electrons. The first-order chi connectivity index (χ1) is 9.65. The average molecular weight is 291 g/mol. The van der Waals surface area contributed by atoms with Crippen molar-refractivity contribution >= 4 is 11.6 Å². The third-order valence-electron chi connectivity index (χ3n) is 3.18. The van der Waals surface area contributed by atoms with Gasteiger partial charge in [-0.15, -0.1) is 0 Å². The summed E-state index contributed by atoms with van der Waals surface area (Å²) >= 11 is 6.03. The fourth-order valence-corrected chi connectivity index (χ4v) is 2.35. The third kappa shape index (κ3) is 3.30. The predicted octanol–water partition coefficient (Wildman–Crippen LogP) is 3.75. The molecule has 1 unspecified atom stereocenters. The number of aromatic nitrogens is 1. The van der Waals surface area contributed by atoms with Crippen molar-refractivity contribution in [1.82, 2.24) is 10.3 Å². The number of nitrogens with one attached hydrogen (secondary N) is 1. The van der Waals surface area contributed by atoms with Gasteiger partial charge < -0.3 is 10.1 Å². The topological polar surface area (TPSA) is 34.2 Å². The van der Waals surface area contributed by atoms with E-state index in [0.717, 1.165) is 29.1 Å². The van der Waals surface area contributed by atoms with Crippen LogP contribution in [0.1, 0.15) is 29.8 Å². The highest BCUT2D eigenvalue weighted by atomic mass is 35.5. The Morgan fingerprint density at radius 2 is 2.10 bits per heavy atom. The minimum atomic E-state index is 0.0420. The molecule has 0 fully saturated rings. The highest BCUT2D eigenvalue weighted by molar-refractivity contribution is 6.30. The molecule has 4 heteroatoms. The van der Waals surface area contributed by atoms with E-state index in [9.17, 15) is 0 Å². The standard InChI is InChI=1S/C16H19ClN2O/c1-4-18-16(12-6-5-11(2)19-10-12)14-8-7-13(17)9-15(14)20-3/h5-10,16,18H,4H2,1-3H3. The monoisotopic (exact) mass is 290 g/mol. The van der Waals surface area contributed by atoms with Crippen LogP contribution in [0, 0.1) is 6.92 Å². The number of benzene rings is 1. The fourth-order valence-electron chi connectivity index (χ4n) is 2.18. The summed E-state index contributed by atoms with van der Waals surface area (Å²) < 4.78 is 5.45. The Morgan fingerprint density at radius 3 is 2.70 bits per heavy atom. The van der Waals surface area contributed by atoms with Crippen LogP contribution >= 0.6 is 11.6 Å². The van der Waals surface area contributed by atoms with Crippen molar-refractivity contribution in [1.29, 1.82) is 0 Å². The smallest absolute Gasteiger partial charge is 0.125 e. The Bertz CT molecular complexity index is 569. The second-order valence-corrected chi connectivity index (χ2v) is 5.05. The van der Waals surface area contributed by atoms with Gasteiger partial charge in [-0.25, -0.2) is 0 Å². The second kappa shape index (κ2) is 6.73. The Morgan fingerprint density at radius 1 is 1.30 bits per heavy atom. The summed E-state index contributed by atoms with van der Waals surface area (Å²) in [5, 5.41) is 4.14. The van der Waals surface area contributed by atoms with E-state index in [0.29, 0.717) is 5.02 Å². The summed E-state index contributed by atoms with van der Waals surface area (Å²) in [7, 11) is 1.66. The molecule has 106 valence electrons.